The van der Waals surface area contributed by atoms with Crippen molar-refractivity contribution in [2.24, 2.45) is 10.7 Å². The smallest absolute Gasteiger partial charge is 0.189 e. The van der Waals surface area contributed by atoms with E-state index in [0.29, 0.717) is 23.7 Å². The van der Waals surface area contributed by atoms with Gasteiger partial charge in [-0.15, -0.1) is 0 Å². The van der Waals surface area contributed by atoms with E-state index in [1.807, 2.05) is 6.07 Å². The third kappa shape index (κ3) is 4.18. The Morgan fingerprint density at radius 3 is 2.83 bits per heavy atom. The van der Waals surface area contributed by atoms with E-state index in [9.17, 15) is 0 Å². The molecule has 1 fully saturated rings. The van der Waals surface area contributed by atoms with Gasteiger partial charge >= 0.3 is 0 Å². The lowest BCUT2D eigenvalue weighted by Crippen LogP contribution is -2.41. The normalized spacial score (nSPS) is 17.7. The van der Waals surface area contributed by atoms with Gasteiger partial charge in [0.05, 0.1) is 6.54 Å². The standard InChI is InChI=1S/C13H19ClN4/c14-12-7-6-10(8-16-12)9-17-13(15)18-11-4-2-1-3-5-11/h6-8,11H,1-5,9H2,(H3,15,17,18). The number of rotatable bonds is 3. The van der Waals surface area contributed by atoms with Crippen LogP contribution in [0, 0.1) is 0 Å². The van der Waals surface area contributed by atoms with Gasteiger partial charge in [0.25, 0.3) is 0 Å². The Morgan fingerprint density at radius 1 is 1.39 bits per heavy atom. The molecule has 1 aromatic rings. The van der Waals surface area contributed by atoms with E-state index in [0.717, 1.165) is 5.56 Å². The molecule has 0 aliphatic heterocycles. The van der Waals surface area contributed by atoms with Crippen LogP contribution >= 0.6 is 11.6 Å². The Labute approximate surface area is 113 Å². The number of guanidine groups is 1. The van der Waals surface area contributed by atoms with Crippen molar-refractivity contribution in [3.8, 4) is 0 Å². The highest BCUT2D eigenvalue weighted by Gasteiger charge is 2.13. The van der Waals surface area contributed by atoms with Gasteiger partial charge in [-0.25, -0.2) is 9.98 Å². The molecular formula is C13H19ClN4. The summed E-state index contributed by atoms with van der Waals surface area (Å²) < 4.78 is 0. The Kier molecular flexibility index (Phi) is 4.81. The lowest BCUT2D eigenvalue weighted by Gasteiger charge is -2.23. The third-order valence-electron chi connectivity index (χ3n) is 3.18. The van der Waals surface area contributed by atoms with Crippen LogP contribution in [0.5, 0.6) is 0 Å². The van der Waals surface area contributed by atoms with Crippen molar-refractivity contribution in [1.29, 1.82) is 0 Å². The molecule has 1 saturated carbocycles. The number of hydrogen-bond acceptors (Lipinski definition) is 2. The number of nitrogens with one attached hydrogen (secondary N) is 1. The Morgan fingerprint density at radius 2 is 2.17 bits per heavy atom. The van der Waals surface area contributed by atoms with E-state index in [-0.39, 0.29) is 0 Å². The Hall–Kier alpha value is -1.29. The van der Waals surface area contributed by atoms with E-state index < -0.39 is 0 Å². The topological polar surface area (TPSA) is 63.3 Å². The van der Waals surface area contributed by atoms with Gasteiger partial charge in [0.1, 0.15) is 5.15 Å². The highest BCUT2D eigenvalue weighted by molar-refractivity contribution is 6.29. The zero-order valence-electron chi connectivity index (χ0n) is 10.4. The van der Waals surface area contributed by atoms with Gasteiger partial charge in [0.15, 0.2) is 5.96 Å². The van der Waals surface area contributed by atoms with Crippen LogP contribution in [0.2, 0.25) is 5.15 Å². The number of nitrogens with two attached hydrogens (primary N) is 1. The number of pyridine rings is 1. The molecule has 2 rings (SSSR count). The first kappa shape index (κ1) is 13.1. The predicted octanol–water partition coefficient (Wildman–Crippen LogP) is 2.47. The quantitative estimate of drug-likeness (QED) is 0.502. The van der Waals surface area contributed by atoms with Gasteiger partial charge in [-0.05, 0) is 24.5 Å². The zero-order valence-corrected chi connectivity index (χ0v) is 11.2. The number of nitrogens with zero attached hydrogens (tertiary/aromatic N) is 2. The molecule has 1 aliphatic rings. The molecule has 1 aliphatic carbocycles. The Balaban J connectivity index is 1.82. The van der Waals surface area contributed by atoms with Crippen LogP contribution < -0.4 is 11.1 Å². The van der Waals surface area contributed by atoms with Crippen molar-refractivity contribution < 1.29 is 0 Å². The fourth-order valence-corrected chi connectivity index (χ4v) is 2.29. The minimum absolute atomic E-state index is 0.492. The van der Waals surface area contributed by atoms with Crippen LogP contribution in [0.15, 0.2) is 23.3 Å². The molecule has 1 aromatic heterocycles. The molecular weight excluding hydrogens is 248 g/mol. The summed E-state index contributed by atoms with van der Waals surface area (Å²) in [5.41, 5.74) is 6.88. The van der Waals surface area contributed by atoms with E-state index in [1.165, 1.54) is 32.1 Å². The molecule has 98 valence electrons. The molecule has 4 nitrogen and oxygen atoms in total. The first-order chi connectivity index (χ1) is 8.74. The maximum Gasteiger partial charge on any atom is 0.189 e. The monoisotopic (exact) mass is 266 g/mol. The largest absolute Gasteiger partial charge is 0.370 e. The lowest BCUT2D eigenvalue weighted by atomic mass is 9.96. The molecule has 0 amide bonds. The summed E-state index contributed by atoms with van der Waals surface area (Å²) in [7, 11) is 0. The molecule has 0 saturated heterocycles. The van der Waals surface area contributed by atoms with Crippen LogP contribution in [0.4, 0.5) is 0 Å². The first-order valence-electron chi connectivity index (χ1n) is 6.41. The summed E-state index contributed by atoms with van der Waals surface area (Å²) in [6, 6.07) is 4.16. The van der Waals surface area contributed by atoms with Crippen molar-refractivity contribution >= 4 is 17.6 Å². The summed E-state index contributed by atoms with van der Waals surface area (Å²) in [4.78, 5) is 8.33. The van der Waals surface area contributed by atoms with Crippen LogP contribution in [-0.4, -0.2) is 17.0 Å². The van der Waals surface area contributed by atoms with Gasteiger partial charge in [0.2, 0.25) is 0 Å². The van der Waals surface area contributed by atoms with Gasteiger partial charge in [0, 0.05) is 12.2 Å². The minimum Gasteiger partial charge on any atom is -0.370 e. The summed E-state index contributed by atoms with van der Waals surface area (Å²) in [6.07, 6.45) is 8.01. The van der Waals surface area contributed by atoms with E-state index in [2.05, 4.69) is 15.3 Å². The second-order valence-electron chi connectivity index (χ2n) is 4.67. The molecule has 0 unspecified atom stereocenters. The van der Waals surface area contributed by atoms with Gasteiger partial charge < -0.3 is 11.1 Å². The summed E-state index contributed by atoms with van der Waals surface area (Å²) in [5.74, 6) is 0.525. The van der Waals surface area contributed by atoms with Crippen molar-refractivity contribution in [3.63, 3.8) is 0 Å². The van der Waals surface area contributed by atoms with Crippen LogP contribution in [0.25, 0.3) is 0 Å². The molecule has 0 spiro atoms. The Bertz CT molecular complexity index is 396. The molecule has 0 radical (unpaired) electrons. The van der Waals surface area contributed by atoms with E-state index >= 15 is 0 Å². The zero-order chi connectivity index (χ0) is 12.8. The maximum absolute atomic E-state index is 5.87. The predicted molar refractivity (Wildman–Crippen MR) is 74.6 cm³/mol. The van der Waals surface area contributed by atoms with Crippen molar-refractivity contribution in [3.05, 3.63) is 29.0 Å². The van der Waals surface area contributed by atoms with Crippen molar-refractivity contribution in [2.75, 3.05) is 0 Å². The second-order valence-corrected chi connectivity index (χ2v) is 5.06. The average molecular weight is 267 g/mol. The number of halogens is 1. The maximum atomic E-state index is 5.87. The highest BCUT2D eigenvalue weighted by atomic mass is 35.5. The summed E-state index contributed by atoms with van der Waals surface area (Å²) in [6.45, 7) is 0.537. The van der Waals surface area contributed by atoms with Crippen LogP contribution in [0.3, 0.4) is 0 Å². The van der Waals surface area contributed by atoms with Gasteiger partial charge in [-0.3, -0.25) is 0 Å². The minimum atomic E-state index is 0.492. The molecule has 0 atom stereocenters. The fraction of sp³-hybridized carbons (Fsp3) is 0.538. The number of aliphatic imine (C=N–C) groups is 1. The molecule has 1 heterocycles. The number of hydrogen-bond donors (Lipinski definition) is 2. The molecule has 18 heavy (non-hydrogen) atoms. The SMILES string of the molecule is NC(=NCc1ccc(Cl)nc1)NC1CCCCC1. The van der Waals surface area contributed by atoms with Gasteiger partial charge in [-0.1, -0.05) is 36.9 Å². The third-order valence-corrected chi connectivity index (χ3v) is 3.40. The number of aromatic nitrogens is 1. The molecule has 5 heteroatoms. The lowest BCUT2D eigenvalue weighted by molar-refractivity contribution is 0.412. The van der Waals surface area contributed by atoms with Gasteiger partial charge in [-0.2, -0.15) is 0 Å². The molecule has 3 N–H and O–H groups in total. The first-order valence-corrected chi connectivity index (χ1v) is 6.79. The van der Waals surface area contributed by atoms with Crippen molar-refractivity contribution in [1.82, 2.24) is 10.3 Å². The summed E-state index contributed by atoms with van der Waals surface area (Å²) >= 11 is 5.72. The molecule has 0 bridgehead atoms. The van der Waals surface area contributed by atoms with Crippen LogP contribution in [0.1, 0.15) is 37.7 Å². The second kappa shape index (κ2) is 6.59. The molecule has 0 aromatic carbocycles. The highest BCUT2D eigenvalue weighted by Crippen LogP contribution is 2.17. The van der Waals surface area contributed by atoms with E-state index in [4.69, 9.17) is 17.3 Å². The average Bonchev–Trinajstić information content (AvgIpc) is 2.39. The summed E-state index contributed by atoms with van der Waals surface area (Å²) in [5, 5.41) is 3.78. The van der Waals surface area contributed by atoms with E-state index in [1.54, 1.807) is 12.3 Å². The fourth-order valence-electron chi connectivity index (χ4n) is 2.18. The van der Waals surface area contributed by atoms with Crippen LogP contribution in [-0.2, 0) is 6.54 Å². The van der Waals surface area contributed by atoms with Crippen molar-refractivity contribution in [2.45, 2.75) is 44.7 Å².